The summed E-state index contributed by atoms with van der Waals surface area (Å²) in [5.74, 6) is 1.37. The highest BCUT2D eigenvalue weighted by molar-refractivity contribution is 5.94. The molecule has 2 aromatic rings. The van der Waals surface area contributed by atoms with Gasteiger partial charge >= 0.3 is 6.61 Å². The second-order valence-corrected chi connectivity index (χ2v) is 6.19. The maximum absolute atomic E-state index is 12.6. The highest BCUT2D eigenvalue weighted by Crippen LogP contribution is 2.25. The lowest BCUT2D eigenvalue weighted by atomic mass is 10.2. The van der Waals surface area contributed by atoms with Crippen LogP contribution in [0.5, 0.6) is 17.2 Å². The van der Waals surface area contributed by atoms with Gasteiger partial charge in [-0.25, -0.2) is 0 Å². The third kappa shape index (κ3) is 7.65. The predicted octanol–water partition coefficient (Wildman–Crippen LogP) is 2.40. The molecule has 0 aliphatic rings. The summed E-state index contributed by atoms with van der Waals surface area (Å²) in [4.78, 5) is 16.3. The lowest BCUT2D eigenvalue weighted by molar-refractivity contribution is -0.0505. The number of carbonyl (C=O) groups is 1. The van der Waals surface area contributed by atoms with Crippen LogP contribution in [-0.2, 0) is 6.54 Å². The molecule has 2 rings (SSSR count). The highest BCUT2D eigenvalue weighted by atomic mass is 19.3. The first-order valence-corrected chi connectivity index (χ1v) is 9.45. The Balaban J connectivity index is 1.84. The zero-order chi connectivity index (χ0) is 22.6. The maximum atomic E-state index is 12.6. The van der Waals surface area contributed by atoms with Gasteiger partial charge in [-0.15, -0.1) is 0 Å². The van der Waals surface area contributed by atoms with E-state index in [0.717, 1.165) is 0 Å². The van der Waals surface area contributed by atoms with E-state index < -0.39 is 6.61 Å². The number of aliphatic imine (C=N–C) groups is 1. The SMILES string of the molecule is CN=C(NCCNC(=O)c1cccc(OC)c1)NCc1cc(OC)ccc1OC(F)F. The number of carbonyl (C=O) groups excluding carboxylic acids is 1. The fourth-order valence-corrected chi connectivity index (χ4v) is 2.65. The van der Waals surface area contributed by atoms with Crippen molar-refractivity contribution in [3.05, 3.63) is 53.6 Å². The van der Waals surface area contributed by atoms with Crippen molar-refractivity contribution in [2.24, 2.45) is 4.99 Å². The largest absolute Gasteiger partial charge is 0.497 e. The third-order valence-corrected chi connectivity index (χ3v) is 4.19. The molecule has 0 bridgehead atoms. The Kier molecular flexibility index (Phi) is 9.34. The molecule has 0 aliphatic heterocycles. The lowest BCUT2D eigenvalue weighted by Crippen LogP contribution is -2.41. The minimum atomic E-state index is -2.93. The first-order chi connectivity index (χ1) is 15.0. The van der Waals surface area contributed by atoms with Crippen LogP contribution in [0, 0.1) is 0 Å². The monoisotopic (exact) mass is 436 g/mol. The van der Waals surface area contributed by atoms with Gasteiger partial charge in [0.25, 0.3) is 5.91 Å². The van der Waals surface area contributed by atoms with Gasteiger partial charge in [0.05, 0.1) is 14.2 Å². The van der Waals surface area contributed by atoms with E-state index in [1.54, 1.807) is 43.4 Å². The average Bonchev–Trinajstić information content (AvgIpc) is 2.78. The normalized spacial score (nSPS) is 11.1. The summed E-state index contributed by atoms with van der Waals surface area (Å²) in [6, 6.07) is 11.4. The van der Waals surface area contributed by atoms with Crippen molar-refractivity contribution in [3.63, 3.8) is 0 Å². The zero-order valence-electron chi connectivity index (χ0n) is 17.6. The Labute approximate surface area is 179 Å². The molecular weight excluding hydrogens is 410 g/mol. The van der Waals surface area contributed by atoms with Gasteiger partial charge in [0.2, 0.25) is 0 Å². The summed E-state index contributed by atoms with van der Waals surface area (Å²) in [7, 11) is 4.60. The van der Waals surface area contributed by atoms with E-state index in [9.17, 15) is 13.6 Å². The molecule has 0 unspecified atom stereocenters. The van der Waals surface area contributed by atoms with Gasteiger partial charge in [-0.05, 0) is 36.4 Å². The molecule has 168 valence electrons. The van der Waals surface area contributed by atoms with E-state index in [2.05, 4.69) is 25.7 Å². The van der Waals surface area contributed by atoms with E-state index in [4.69, 9.17) is 9.47 Å². The minimum Gasteiger partial charge on any atom is -0.497 e. The van der Waals surface area contributed by atoms with Gasteiger partial charge in [-0.2, -0.15) is 8.78 Å². The van der Waals surface area contributed by atoms with Crippen LogP contribution in [-0.4, -0.2) is 52.8 Å². The number of benzene rings is 2. The molecular formula is C21H26F2N4O4. The fraction of sp³-hybridized carbons (Fsp3) is 0.333. The summed E-state index contributed by atoms with van der Waals surface area (Å²) in [5.41, 5.74) is 0.973. The van der Waals surface area contributed by atoms with E-state index in [1.165, 1.54) is 20.3 Å². The summed E-state index contributed by atoms with van der Waals surface area (Å²) in [5, 5.41) is 8.84. The molecule has 2 aromatic carbocycles. The second kappa shape index (κ2) is 12.2. The smallest absolute Gasteiger partial charge is 0.387 e. The number of ether oxygens (including phenoxy) is 3. The van der Waals surface area contributed by atoms with Crippen LogP contribution in [0.3, 0.4) is 0 Å². The molecule has 0 heterocycles. The van der Waals surface area contributed by atoms with Gasteiger partial charge in [0, 0.05) is 37.8 Å². The molecule has 0 fully saturated rings. The summed E-state index contributed by atoms with van der Waals surface area (Å²) >= 11 is 0. The molecule has 0 saturated heterocycles. The van der Waals surface area contributed by atoms with Crippen LogP contribution in [0.15, 0.2) is 47.5 Å². The molecule has 31 heavy (non-hydrogen) atoms. The first-order valence-electron chi connectivity index (χ1n) is 9.45. The number of nitrogens with zero attached hydrogens (tertiary/aromatic N) is 1. The van der Waals surface area contributed by atoms with Gasteiger partial charge in [-0.3, -0.25) is 9.79 Å². The Morgan fingerprint density at radius 2 is 1.71 bits per heavy atom. The highest BCUT2D eigenvalue weighted by Gasteiger charge is 2.12. The van der Waals surface area contributed by atoms with Crippen molar-refractivity contribution in [1.82, 2.24) is 16.0 Å². The standard InChI is InChI=1S/C21H26F2N4O4/c1-24-21(26-10-9-25-19(28)14-5-4-6-16(11-14)29-2)27-13-15-12-17(30-3)7-8-18(15)31-20(22)23/h4-8,11-12,20H,9-10,13H2,1-3H3,(H,25,28)(H2,24,26,27). The number of halogens is 2. The number of guanidine groups is 1. The number of amides is 1. The molecule has 1 amide bonds. The Hall–Kier alpha value is -3.56. The van der Waals surface area contributed by atoms with Crippen molar-refractivity contribution >= 4 is 11.9 Å². The van der Waals surface area contributed by atoms with Crippen molar-refractivity contribution in [2.45, 2.75) is 13.2 Å². The number of hydrogen-bond donors (Lipinski definition) is 3. The average molecular weight is 436 g/mol. The number of methoxy groups -OCH3 is 2. The van der Waals surface area contributed by atoms with Crippen LogP contribution in [0.25, 0.3) is 0 Å². The number of alkyl halides is 2. The van der Waals surface area contributed by atoms with Crippen LogP contribution in [0.4, 0.5) is 8.78 Å². The third-order valence-electron chi connectivity index (χ3n) is 4.19. The van der Waals surface area contributed by atoms with E-state index in [0.29, 0.717) is 41.7 Å². The summed E-state index contributed by atoms with van der Waals surface area (Å²) in [6.07, 6.45) is 0. The second-order valence-electron chi connectivity index (χ2n) is 6.19. The van der Waals surface area contributed by atoms with Crippen LogP contribution in [0.1, 0.15) is 15.9 Å². The van der Waals surface area contributed by atoms with Crippen LogP contribution in [0.2, 0.25) is 0 Å². The molecule has 0 atom stereocenters. The van der Waals surface area contributed by atoms with Crippen molar-refractivity contribution < 1.29 is 27.8 Å². The quantitative estimate of drug-likeness (QED) is 0.301. The Morgan fingerprint density at radius 1 is 1.00 bits per heavy atom. The van der Waals surface area contributed by atoms with Gasteiger partial charge in [0.1, 0.15) is 17.2 Å². The van der Waals surface area contributed by atoms with Crippen molar-refractivity contribution in [3.8, 4) is 17.2 Å². The van der Waals surface area contributed by atoms with Crippen LogP contribution < -0.4 is 30.2 Å². The zero-order valence-corrected chi connectivity index (χ0v) is 17.6. The molecule has 0 aliphatic carbocycles. The molecule has 10 heteroatoms. The fourth-order valence-electron chi connectivity index (χ4n) is 2.65. The predicted molar refractivity (Wildman–Crippen MR) is 113 cm³/mol. The molecule has 0 spiro atoms. The lowest BCUT2D eigenvalue weighted by Gasteiger charge is -2.15. The van der Waals surface area contributed by atoms with E-state index in [-0.39, 0.29) is 18.2 Å². The van der Waals surface area contributed by atoms with Crippen molar-refractivity contribution in [2.75, 3.05) is 34.4 Å². The number of nitrogens with one attached hydrogen (secondary N) is 3. The first kappa shape index (κ1) is 23.7. The summed E-state index contributed by atoms with van der Waals surface area (Å²) < 4.78 is 40.1. The molecule has 0 saturated carbocycles. The van der Waals surface area contributed by atoms with Crippen LogP contribution >= 0.6 is 0 Å². The minimum absolute atomic E-state index is 0.0457. The van der Waals surface area contributed by atoms with E-state index in [1.807, 2.05) is 0 Å². The number of hydrogen-bond acceptors (Lipinski definition) is 5. The van der Waals surface area contributed by atoms with Gasteiger partial charge < -0.3 is 30.2 Å². The van der Waals surface area contributed by atoms with Gasteiger partial charge in [-0.1, -0.05) is 6.07 Å². The maximum Gasteiger partial charge on any atom is 0.387 e. The van der Waals surface area contributed by atoms with Crippen molar-refractivity contribution in [1.29, 1.82) is 0 Å². The topological polar surface area (TPSA) is 93.2 Å². The van der Waals surface area contributed by atoms with Gasteiger partial charge in [0.15, 0.2) is 5.96 Å². The molecule has 8 nitrogen and oxygen atoms in total. The Morgan fingerprint density at radius 3 is 2.39 bits per heavy atom. The summed E-state index contributed by atoms with van der Waals surface area (Å²) in [6.45, 7) is -2.02. The van der Waals surface area contributed by atoms with E-state index >= 15 is 0 Å². The molecule has 0 radical (unpaired) electrons. The Bertz CT molecular complexity index is 893. The molecule has 3 N–H and O–H groups in total. The molecule has 0 aromatic heterocycles. The number of rotatable bonds is 10.